The molecule has 0 bridgehead atoms. The molecular formula is C20H18FNO3S. The van der Waals surface area contributed by atoms with Crippen molar-refractivity contribution in [1.82, 2.24) is 5.32 Å². The Hall–Kier alpha value is -2.73. The minimum atomic E-state index is -1.25. The molecule has 134 valence electrons. The third kappa shape index (κ3) is 4.46. The van der Waals surface area contributed by atoms with Gasteiger partial charge < -0.3 is 9.73 Å². The Morgan fingerprint density at radius 1 is 1.12 bits per heavy atom. The van der Waals surface area contributed by atoms with Gasteiger partial charge in [-0.25, -0.2) is 4.39 Å². The van der Waals surface area contributed by atoms with Crippen molar-refractivity contribution >= 4 is 16.7 Å². The lowest BCUT2D eigenvalue weighted by atomic mass is 10.2. The molecule has 1 unspecified atom stereocenters. The van der Waals surface area contributed by atoms with Crippen LogP contribution in [0.2, 0.25) is 0 Å². The minimum absolute atomic E-state index is 0.137. The van der Waals surface area contributed by atoms with Gasteiger partial charge in [-0.3, -0.25) is 9.00 Å². The number of carbonyl (C=O) groups is 1. The van der Waals surface area contributed by atoms with Crippen LogP contribution in [0, 0.1) is 12.7 Å². The van der Waals surface area contributed by atoms with E-state index in [1.807, 2.05) is 31.2 Å². The van der Waals surface area contributed by atoms with Gasteiger partial charge in [0, 0.05) is 11.4 Å². The fraction of sp³-hybridized carbons (Fsp3) is 0.150. The zero-order valence-electron chi connectivity index (χ0n) is 14.2. The normalized spacial score (nSPS) is 11.9. The van der Waals surface area contributed by atoms with E-state index in [-0.39, 0.29) is 23.9 Å². The van der Waals surface area contributed by atoms with Gasteiger partial charge in [0.05, 0.1) is 16.6 Å². The van der Waals surface area contributed by atoms with Gasteiger partial charge in [0.1, 0.15) is 11.6 Å². The Bertz CT molecular complexity index is 951. The molecule has 1 heterocycles. The summed E-state index contributed by atoms with van der Waals surface area (Å²) < 4.78 is 31.1. The first kappa shape index (κ1) is 18.1. The van der Waals surface area contributed by atoms with Crippen LogP contribution in [0.25, 0.3) is 0 Å². The molecule has 0 saturated carbocycles. The van der Waals surface area contributed by atoms with E-state index in [1.54, 1.807) is 24.3 Å². The van der Waals surface area contributed by atoms with E-state index in [9.17, 15) is 13.4 Å². The van der Waals surface area contributed by atoms with Gasteiger partial charge in [0.25, 0.3) is 5.91 Å². The van der Waals surface area contributed by atoms with Crippen LogP contribution >= 0.6 is 0 Å². The zero-order valence-corrected chi connectivity index (χ0v) is 15.0. The lowest BCUT2D eigenvalue weighted by Gasteiger charge is -2.05. The van der Waals surface area contributed by atoms with Crippen molar-refractivity contribution in [3.63, 3.8) is 0 Å². The summed E-state index contributed by atoms with van der Waals surface area (Å²) in [6, 6.07) is 16.7. The first-order valence-electron chi connectivity index (χ1n) is 8.08. The van der Waals surface area contributed by atoms with Gasteiger partial charge in [-0.15, -0.1) is 0 Å². The third-order valence-corrected chi connectivity index (χ3v) is 5.34. The second-order valence-corrected chi connectivity index (χ2v) is 7.25. The van der Waals surface area contributed by atoms with Crippen LogP contribution in [0.3, 0.4) is 0 Å². The molecule has 0 aliphatic rings. The minimum Gasteiger partial charge on any atom is -0.455 e. The van der Waals surface area contributed by atoms with Gasteiger partial charge in [0.15, 0.2) is 5.76 Å². The van der Waals surface area contributed by atoms with E-state index in [0.29, 0.717) is 11.3 Å². The Kier molecular flexibility index (Phi) is 5.63. The van der Waals surface area contributed by atoms with Crippen molar-refractivity contribution < 1.29 is 17.8 Å². The SMILES string of the molecule is Cc1ccccc1S(=O)Cc1ccc(C(=O)NCc2cccc(F)c2)o1. The highest BCUT2D eigenvalue weighted by Gasteiger charge is 2.14. The maximum absolute atomic E-state index is 13.1. The molecule has 1 N–H and O–H groups in total. The average molecular weight is 371 g/mol. The summed E-state index contributed by atoms with van der Waals surface area (Å²) in [5.74, 6) is 0.0563. The number of aryl methyl sites for hydroxylation is 1. The molecule has 0 fully saturated rings. The topological polar surface area (TPSA) is 59.3 Å². The van der Waals surface area contributed by atoms with Crippen molar-refractivity contribution in [3.8, 4) is 0 Å². The highest BCUT2D eigenvalue weighted by molar-refractivity contribution is 7.84. The number of halogens is 1. The maximum Gasteiger partial charge on any atom is 0.287 e. The first-order chi connectivity index (χ1) is 12.5. The molecule has 2 aromatic carbocycles. The van der Waals surface area contributed by atoms with Crippen LogP contribution < -0.4 is 5.32 Å². The predicted molar refractivity (Wildman–Crippen MR) is 97.6 cm³/mol. The molecule has 26 heavy (non-hydrogen) atoms. The number of hydrogen-bond acceptors (Lipinski definition) is 3. The summed E-state index contributed by atoms with van der Waals surface area (Å²) >= 11 is 0. The number of amides is 1. The molecule has 1 atom stereocenters. The number of carbonyl (C=O) groups excluding carboxylic acids is 1. The molecular weight excluding hydrogens is 353 g/mol. The van der Waals surface area contributed by atoms with Crippen molar-refractivity contribution in [2.24, 2.45) is 0 Å². The van der Waals surface area contributed by atoms with Gasteiger partial charge in [-0.2, -0.15) is 0 Å². The van der Waals surface area contributed by atoms with Crippen molar-refractivity contribution in [1.29, 1.82) is 0 Å². The summed E-state index contributed by atoms with van der Waals surface area (Å²) in [5, 5.41) is 2.67. The molecule has 0 spiro atoms. The van der Waals surface area contributed by atoms with E-state index in [1.165, 1.54) is 12.1 Å². The van der Waals surface area contributed by atoms with E-state index >= 15 is 0 Å². The van der Waals surface area contributed by atoms with Crippen LogP contribution in [-0.4, -0.2) is 10.1 Å². The zero-order chi connectivity index (χ0) is 18.5. The highest BCUT2D eigenvalue weighted by Crippen LogP contribution is 2.18. The van der Waals surface area contributed by atoms with Crippen molar-refractivity contribution in [2.45, 2.75) is 24.1 Å². The van der Waals surface area contributed by atoms with E-state index in [2.05, 4.69) is 5.32 Å². The van der Waals surface area contributed by atoms with E-state index < -0.39 is 16.7 Å². The summed E-state index contributed by atoms with van der Waals surface area (Å²) in [7, 11) is -1.25. The standard InChI is InChI=1S/C20H18FNO3S/c1-14-5-2-3-8-19(14)26(24)13-17-9-10-18(25-17)20(23)22-12-15-6-4-7-16(21)11-15/h2-11H,12-13H2,1H3,(H,22,23). The summed E-state index contributed by atoms with van der Waals surface area (Å²) in [6.45, 7) is 2.10. The largest absolute Gasteiger partial charge is 0.455 e. The second kappa shape index (κ2) is 8.10. The molecule has 1 aromatic heterocycles. The maximum atomic E-state index is 13.1. The van der Waals surface area contributed by atoms with E-state index in [4.69, 9.17) is 4.42 Å². The molecule has 0 aliphatic carbocycles. The Balaban J connectivity index is 1.61. The Morgan fingerprint density at radius 3 is 2.69 bits per heavy atom. The quantitative estimate of drug-likeness (QED) is 0.713. The molecule has 0 radical (unpaired) electrons. The second-order valence-electron chi connectivity index (χ2n) is 5.83. The van der Waals surface area contributed by atoms with Crippen LogP contribution in [0.15, 0.2) is 70.0 Å². The fourth-order valence-corrected chi connectivity index (χ4v) is 3.74. The molecule has 4 nitrogen and oxygen atoms in total. The molecule has 0 aliphatic heterocycles. The average Bonchev–Trinajstić information content (AvgIpc) is 3.08. The van der Waals surface area contributed by atoms with Crippen molar-refractivity contribution in [2.75, 3.05) is 0 Å². The number of rotatable bonds is 6. The highest BCUT2D eigenvalue weighted by atomic mass is 32.2. The monoisotopic (exact) mass is 371 g/mol. The van der Waals surface area contributed by atoms with Crippen molar-refractivity contribution in [3.05, 3.63) is 89.1 Å². The first-order valence-corrected chi connectivity index (χ1v) is 9.40. The third-order valence-electron chi connectivity index (χ3n) is 3.84. The summed E-state index contributed by atoms with van der Waals surface area (Å²) in [5.41, 5.74) is 1.61. The van der Waals surface area contributed by atoms with Gasteiger partial charge in [0.2, 0.25) is 0 Å². The van der Waals surface area contributed by atoms with Gasteiger partial charge >= 0.3 is 0 Å². The number of furan rings is 1. The summed E-state index contributed by atoms with van der Waals surface area (Å²) in [4.78, 5) is 12.9. The Morgan fingerprint density at radius 2 is 1.92 bits per heavy atom. The molecule has 3 rings (SSSR count). The molecule has 3 aromatic rings. The number of benzene rings is 2. The number of nitrogens with one attached hydrogen (secondary N) is 1. The van der Waals surface area contributed by atoms with Crippen LogP contribution in [0.1, 0.15) is 27.4 Å². The lowest BCUT2D eigenvalue weighted by molar-refractivity contribution is 0.0921. The molecule has 1 amide bonds. The summed E-state index contributed by atoms with van der Waals surface area (Å²) in [6.07, 6.45) is 0. The Labute approximate surface area is 153 Å². The van der Waals surface area contributed by atoms with Crippen LogP contribution in [0.5, 0.6) is 0 Å². The lowest BCUT2D eigenvalue weighted by Crippen LogP contribution is -2.22. The van der Waals surface area contributed by atoms with E-state index in [0.717, 1.165) is 10.5 Å². The smallest absolute Gasteiger partial charge is 0.287 e. The van der Waals surface area contributed by atoms with Crippen LogP contribution in [0.4, 0.5) is 4.39 Å². The fourth-order valence-electron chi connectivity index (χ4n) is 2.51. The predicted octanol–water partition coefficient (Wildman–Crippen LogP) is 3.96. The van der Waals surface area contributed by atoms with Crippen LogP contribution in [-0.2, 0) is 23.1 Å². The van der Waals surface area contributed by atoms with Gasteiger partial charge in [-0.1, -0.05) is 30.3 Å². The molecule has 6 heteroatoms. The number of hydrogen-bond donors (Lipinski definition) is 1. The molecule has 0 saturated heterocycles. The van der Waals surface area contributed by atoms with Gasteiger partial charge in [-0.05, 0) is 48.4 Å².